The van der Waals surface area contributed by atoms with Crippen LogP contribution in [0.15, 0.2) is 0 Å². The van der Waals surface area contributed by atoms with Gasteiger partial charge in [0.15, 0.2) is 0 Å². The Morgan fingerprint density at radius 1 is 1.25 bits per heavy atom. The molecule has 0 radical (unpaired) electrons. The maximum atomic E-state index is 11.9. The molecule has 0 amide bonds. The summed E-state index contributed by atoms with van der Waals surface area (Å²) in [6, 6.07) is 0. The average molecular weight is 259 g/mol. The van der Waals surface area contributed by atoms with Crippen molar-refractivity contribution in [1.82, 2.24) is 0 Å². The second-order valence-corrected chi connectivity index (χ2v) is 6.25. The maximum absolute atomic E-state index is 11.9. The van der Waals surface area contributed by atoms with Crippen molar-refractivity contribution in [2.75, 3.05) is 13.2 Å². The Morgan fingerprint density at radius 2 is 1.67 bits per heavy atom. The van der Waals surface area contributed by atoms with Gasteiger partial charge in [-0.1, -0.05) is 22.9 Å². The summed E-state index contributed by atoms with van der Waals surface area (Å²) in [5.41, 5.74) is 0. The summed E-state index contributed by atoms with van der Waals surface area (Å²) in [4.78, 5) is 0. The van der Waals surface area contributed by atoms with Gasteiger partial charge in [-0.3, -0.25) is 4.57 Å². The predicted molar refractivity (Wildman–Crippen MR) is 53.9 cm³/mol. The largest absolute Gasteiger partial charge is 0.344 e. The molecule has 5 heteroatoms. The first-order chi connectivity index (χ1) is 5.60. The van der Waals surface area contributed by atoms with E-state index in [1.54, 1.807) is 13.8 Å². The fourth-order valence-electron chi connectivity index (χ4n) is 0.783. The van der Waals surface area contributed by atoms with Crippen LogP contribution in [-0.2, 0) is 13.6 Å². The zero-order valence-electron chi connectivity index (χ0n) is 7.75. The summed E-state index contributed by atoms with van der Waals surface area (Å²) < 4.78 is 21.9. The van der Waals surface area contributed by atoms with Gasteiger partial charge in [-0.05, 0) is 20.3 Å². The van der Waals surface area contributed by atoms with Crippen LogP contribution in [-0.4, -0.2) is 17.8 Å². The molecular formula is C7H16BrO3P. The summed E-state index contributed by atoms with van der Waals surface area (Å²) in [5, 5.41) is 0. The third kappa shape index (κ3) is 3.56. The van der Waals surface area contributed by atoms with Crippen molar-refractivity contribution in [1.29, 1.82) is 0 Å². The molecule has 1 atom stereocenters. The quantitative estimate of drug-likeness (QED) is 0.541. The minimum atomic E-state index is -2.89. The molecular weight excluding hydrogens is 243 g/mol. The van der Waals surface area contributed by atoms with Crippen LogP contribution in [0.1, 0.15) is 27.2 Å². The van der Waals surface area contributed by atoms with Crippen LogP contribution >= 0.6 is 23.5 Å². The van der Waals surface area contributed by atoms with Crippen LogP contribution in [0, 0.1) is 0 Å². The molecule has 0 aliphatic heterocycles. The molecule has 74 valence electrons. The molecule has 3 nitrogen and oxygen atoms in total. The standard InChI is InChI=1S/C7H16BrO3P/c1-4-7(8)12(9,10-5-2)11-6-3/h7H,4-6H2,1-3H3/t7-/m1/s1. The Labute approximate surface area is 82.5 Å². The van der Waals surface area contributed by atoms with E-state index >= 15 is 0 Å². The van der Waals surface area contributed by atoms with Gasteiger partial charge in [0.25, 0.3) is 0 Å². The fraction of sp³-hybridized carbons (Fsp3) is 1.00. The molecule has 0 saturated heterocycles. The lowest BCUT2D eigenvalue weighted by molar-refractivity contribution is 0.218. The van der Waals surface area contributed by atoms with E-state index in [1.165, 1.54) is 0 Å². The van der Waals surface area contributed by atoms with Crippen molar-refractivity contribution >= 4 is 23.5 Å². The second-order valence-electron chi connectivity index (χ2n) is 2.22. The van der Waals surface area contributed by atoms with Crippen molar-refractivity contribution < 1.29 is 13.6 Å². The van der Waals surface area contributed by atoms with Crippen molar-refractivity contribution in [3.63, 3.8) is 0 Å². The summed E-state index contributed by atoms with van der Waals surface area (Å²) in [6.45, 7) is 6.38. The summed E-state index contributed by atoms with van der Waals surface area (Å²) in [6.07, 6.45) is 0.733. The van der Waals surface area contributed by atoms with Crippen LogP contribution < -0.4 is 0 Å². The molecule has 0 aromatic rings. The van der Waals surface area contributed by atoms with E-state index in [4.69, 9.17) is 9.05 Å². The molecule has 0 spiro atoms. The molecule has 12 heavy (non-hydrogen) atoms. The van der Waals surface area contributed by atoms with Crippen LogP contribution in [0.25, 0.3) is 0 Å². The highest BCUT2D eigenvalue weighted by molar-refractivity contribution is 9.10. The lowest BCUT2D eigenvalue weighted by atomic mass is 10.6. The van der Waals surface area contributed by atoms with Gasteiger partial charge in [0.05, 0.1) is 13.2 Å². The van der Waals surface area contributed by atoms with Crippen LogP contribution in [0.2, 0.25) is 0 Å². The molecule has 0 bridgehead atoms. The molecule has 0 saturated carbocycles. The predicted octanol–water partition coefficient (Wildman–Crippen LogP) is 3.38. The van der Waals surface area contributed by atoms with E-state index in [9.17, 15) is 4.57 Å². The Bertz CT molecular complexity index is 153. The summed E-state index contributed by atoms with van der Waals surface area (Å²) in [7, 11) is -2.89. The van der Waals surface area contributed by atoms with E-state index < -0.39 is 7.60 Å². The molecule has 0 aromatic heterocycles. The molecule has 0 N–H and O–H groups in total. The zero-order valence-corrected chi connectivity index (χ0v) is 10.2. The first kappa shape index (κ1) is 12.6. The minimum Gasteiger partial charge on any atom is -0.308 e. The normalized spacial score (nSPS) is 14.7. The molecule has 0 aliphatic rings. The van der Waals surface area contributed by atoms with E-state index in [-0.39, 0.29) is 4.57 Å². The summed E-state index contributed by atoms with van der Waals surface area (Å²) in [5.74, 6) is 0. The van der Waals surface area contributed by atoms with E-state index in [0.29, 0.717) is 13.2 Å². The van der Waals surface area contributed by atoms with Gasteiger partial charge >= 0.3 is 7.60 Å². The highest BCUT2D eigenvalue weighted by Crippen LogP contribution is 2.56. The lowest BCUT2D eigenvalue weighted by Gasteiger charge is -2.20. The Balaban J connectivity index is 4.27. The SMILES string of the molecule is CCOP(=O)(OCC)[C@@H](Br)CC. The third-order valence-corrected chi connectivity index (χ3v) is 5.74. The first-order valence-electron chi connectivity index (χ1n) is 4.13. The molecule has 0 unspecified atom stereocenters. The minimum absolute atomic E-state index is 0.190. The Hall–Kier alpha value is 0.630. The molecule has 0 fully saturated rings. The molecule has 0 rings (SSSR count). The monoisotopic (exact) mass is 258 g/mol. The number of rotatable bonds is 6. The van der Waals surface area contributed by atoms with Gasteiger partial charge in [-0.15, -0.1) is 0 Å². The Kier molecular flexibility index (Phi) is 6.46. The van der Waals surface area contributed by atoms with E-state index in [2.05, 4.69) is 15.9 Å². The lowest BCUT2D eigenvalue weighted by Crippen LogP contribution is -2.05. The van der Waals surface area contributed by atoms with Gasteiger partial charge < -0.3 is 9.05 Å². The third-order valence-electron chi connectivity index (χ3n) is 1.30. The zero-order chi connectivity index (χ0) is 9.61. The highest BCUT2D eigenvalue weighted by atomic mass is 79.9. The smallest absolute Gasteiger partial charge is 0.308 e. The molecule has 0 aromatic carbocycles. The van der Waals surface area contributed by atoms with Gasteiger partial charge in [-0.2, -0.15) is 0 Å². The van der Waals surface area contributed by atoms with Crippen molar-refractivity contribution in [3.8, 4) is 0 Å². The van der Waals surface area contributed by atoms with Crippen molar-refractivity contribution in [2.24, 2.45) is 0 Å². The van der Waals surface area contributed by atoms with Crippen LogP contribution in [0.3, 0.4) is 0 Å². The van der Waals surface area contributed by atoms with Gasteiger partial charge in [0.2, 0.25) is 0 Å². The number of hydrogen-bond donors (Lipinski definition) is 0. The number of alkyl halides is 1. The Morgan fingerprint density at radius 3 is 1.92 bits per heavy atom. The number of halogens is 1. The maximum Gasteiger partial charge on any atom is 0.344 e. The second kappa shape index (κ2) is 6.14. The molecule has 0 aliphatic carbocycles. The van der Waals surface area contributed by atoms with Crippen LogP contribution in [0.4, 0.5) is 0 Å². The van der Waals surface area contributed by atoms with Gasteiger partial charge in [0, 0.05) is 0 Å². The first-order valence-corrected chi connectivity index (χ1v) is 6.66. The van der Waals surface area contributed by atoms with Crippen molar-refractivity contribution in [2.45, 2.75) is 31.8 Å². The van der Waals surface area contributed by atoms with Crippen molar-refractivity contribution in [3.05, 3.63) is 0 Å². The fourth-order valence-corrected chi connectivity index (χ4v) is 3.06. The topological polar surface area (TPSA) is 35.5 Å². The van der Waals surface area contributed by atoms with Crippen LogP contribution in [0.5, 0.6) is 0 Å². The molecule has 0 heterocycles. The highest BCUT2D eigenvalue weighted by Gasteiger charge is 2.31. The average Bonchev–Trinajstić information content (AvgIpc) is 2.04. The summed E-state index contributed by atoms with van der Waals surface area (Å²) >= 11 is 3.29. The van der Waals surface area contributed by atoms with Gasteiger partial charge in [-0.25, -0.2) is 0 Å². The van der Waals surface area contributed by atoms with Gasteiger partial charge in [0.1, 0.15) is 4.57 Å². The number of hydrogen-bond acceptors (Lipinski definition) is 3. The van der Waals surface area contributed by atoms with E-state index in [1.807, 2.05) is 6.92 Å². The van der Waals surface area contributed by atoms with E-state index in [0.717, 1.165) is 6.42 Å².